The smallest absolute Gasteiger partial charge is 0.220 e. The van der Waals surface area contributed by atoms with Crippen LogP contribution in [-0.2, 0) is 15.6 Å². The summed E-state index contributed by atoms with van der Waals surface area (Å²) in [6, 6.07) is 1.56. The standard InChI is InChI=1S/C17H30N2O2S/c1-2-22(21)16-5-3-4-13(11-16)19-17(20)10-12-8-14-6-7-15(9-12)18-14/h12-16,18H,2-11H2,1H3,(H,19,20). The third-order valence-electron chi connectivity index (χ3n) is 5.69. The van der Waals surface area contributed by atoms with Crippen molar-refractivity contribution in [3.8, 4) is 0 Å². The molecule has 126 valence electrons. The van der Waals surface area contributed by atoms with Gasteiger partial charge in [-0.25, -0.2) is 0 Å². The molecule has 5 heteroatoms. The van der Waals surface area contributed by atoms with E-state index in [0.29, 0.717) is 29.7 Å². The SMILES string of the molecule is CCS(=O)C1CCCC(NC(=O)CC2CC3CCC(C2)N3)C1. The highest BCUT2D eigenvalue weighted by molar-refractivity contribution is 7.85. The Morgan fingerprint density at radius 3 is 2.55 bits per heavy atom. The number of piperidine rings is 1. The molecule has 5 atom stereocenters. The van der Waals surface area contributed by atoms with Gasteiger partial charge in [0.15, 0.2) is 0 Å². The molecule has 0 spiro atoms. The van der Waals surface area contributed by atoms with Gasteiger partial charge in [-0.2, -0.15) is 0 Å². The fourth-order valence-electron chi connectivity index (χ4n) is 4.64. The second-order valence-corrected chi connectivity index (χ2v) is 9.41. The van der Waals surface area contributed by atoms with Gasteiger partial charge in [0.1, 0.15) is 0 Å². The summed E-state index contributed by atoms with van der Waals surface area (Å²) in [5.41, 5.74) is 0. The molecule has 2 bridgehead atoms. The fourth-order valence-corrected chi connectivity index (χ4v) is 5.99. The third-order valence-corrected chi connectivity index (χ3v) is 7.43. The Labute approximate surface area is 136 Å². The summed E-state index contributed by atoms with van der Waals surface area (Å²) >= 11 is 0. The van der Waals surface area contributed by atoms with Crippen LogP contribution in [0.1, 0.15) is 64.7 Å². The van der Waals surface area contributed by atoms with Crippen LogP contribution in [0.25, 0.3) is 0 Å². The van der Waals surface area contributed by atoms with Crippen LogP contribution in [0, 0.1) is 5.92 Å². The number of carbonyl (C=O) groups excluding carboxylic acids is 1. The van der Waals surface area contributed by atoms with Crippen LogP contribution in [0.2, 0.25) is 0 Å². The number of nitrogens with one attached hydrogen (secondary N) is 2. The Bertz CT molecular complexity index is 417. The van der Waals surface area contributed by atoms with E-state index in [4.69, 9.17) is 0 Å². The quantitative estimate of drug-likeness (QED) is 0.813. The molecule has 0 aromatic carbocycles. The largest absolute Gasteiger partial charge is 0.353 e. The van der Waals surface area contributed by atoms with Crippen molar-refractivity contribution < 1.29 is 9.00 Å². The first-order valence-electron chi connectivity index (χ1n) is 9.06. The first-order valence-corrected chi connectivity index (χ1v) is 10.4. The summed E-state index contributed by atoms with van der Waals surface area (Å²) in [6.07, 6.45) is 9.71. The average Bonchev–Trinajstić information content (AvgIpc) is 2.85. The van der Waals surface area contributed by atoms with Crippen molar-refractivity contribution in [3.05, 3.63) is 0 Å². The highest BCUT2D eigenvalue weighted by Crippen LogP contribution is 2.32. The number of carbonyl (C=O) groups is 1. The molecule has 1 saturated carbocycles. The van der Waals surface area contributed by atoms with Crippen LogP contribution in [-0.4, -0.2) is 39.2 Å². The van der Waals surface area contributed by atoms with Crippen molar-refractivity contribution in [3.63, 3.8) is 0 Å². The number of hydrogen-bond donors (Lipinski definition) is 2. The lowest BCUT2D eigenvalue weighted by atomic mass is 9.89. The molecule has 22 heavy (non-hydrogen) atoms. The molecule has 1 amide bonds. The highest BCUT2D eigenvalue weighted by atomic mass is 32.2. The zero-order valence-corrected chi connectivity index (χ0v) is 14.5. The summed E-state index contributed by atoms with van der Waals surface area (Å²) in [5.74, 6) is 1.52. The Kier molecular flexibility index (Phi) is 5.55. The minimum Gasteiger partial charge on any atom is -0.353 e. The molecule has 3 fully saturated rings. The van der Waals surface area contributed by atoms with Gasteiger partial charge in [0.25, 0.3) is 0 Å². The molecule has 2 saturated heterocycles. The van der Waals surface area contributed by atoms with Gasteiger partial charge in [0.2, 0.25) is 5.91 Å². The highest BCUT2D eigenvalue weighted by Gasteiger charge is 2.34. The first kappa shape index (κ1) is 16.4. The first-order chi connectivity index (χ1) is 10.6. The maximum atomic E-state index is 12.4. The maximum Gasteiger partial charge on any atom is 0.220 e. The van der Waals surface area contributed by atoms with E-state index in [2.05, 4.69) is 10.6 Å². The molecule has 3 aliphatic rings. The molecule has 3 rings (SSSR count). The molecular formula is C17H30N2O2S. The van der Waals surface area contributed by atoms with Crippen LogP contribution < -0.4 is 10.6 Å². The normalized spacial score (nSPS) is 39.4. The van der Waals surface area contributed by atoms with Gasteiger partial charge in [0, 0.05) is 46.3 Å². The average molecular weight is 327 g/mol. The van der Waals surface area contributed by atoms with Crippen LogP contribution >= 0.6 is 0 Å². The zero-order valence-electron chi connectivity index (χ0n) is 13.7. The second-order valence-electron chi connectivity index (χ2n) is 7.40. The molecule has 0 aromatic rings. The van der Waals surface area contributed by atoms with E-state index in [9.17, 15) is 9.00 Å². The van der Waals surface area contributed by atoms with Gasteiger partial charge >= 0.3 is 0 Å². The summed E-state index contributed by atoms with van der Waals surface area (Å²) in [5, 5.41) is 7.16. The lowest BCUT2D eigenvalue weighted by molar-refractivity contribution is -0.123. The van der Waals surface area contributed by atoms with Crippen LogP contribution in [0.3, 0.4) is 0 Å². The van der Waals surface area contributed by atoms with Crippen molar-refractivity contribution in [1.82, 2.24) is 10.6 Å². The number of fused-ring (bicyclic) bond motifs is 2. The lowest BCUT2D eigenvalue weighted by Crippen LogP contribution is -2.43. The fraction of sp³-hybridized carbons (Fsp3) is 0.941. The number of hydrogen-bond acceptors (Lipinski definition) is 3. The van der Waals surface area contributed by atoms with Crippen molar-refractivity contribution in [1.29, 1.82) is 0 Å². The molecule has 2 N–H and O–H groups in total. The monoisotopic (exact) mass is 326 g/mol. The van der Waals surface area contributed by atoms with Crippen molar-refractivity contribution >= 4 is 16.7 Å². The van der Waals surface area contributed by atoms with Crippen LogP contribution in [0.5, 0.6) is 0 Å². The Hall–Kier alpha value is -0.420. The van der Waals surface area contributed by atoms with Gasteiger partial charge in [0.05, 0.1) is 0 Å². The molecule has 2 heterocycles. The van der Waals surface area contributed by atoms with E-state index < -0.39 is 10.8 Å². The van der Waals surface area contributed by atoms with Crippen LogP contribution in [0.15, 0.2) is 0 Å². The van der Waals surface area contributed by atoms with Gasteiger partial charge in [-0.05, 0) is 50.9 Å². The van der Waals surface area contributed by atoms with Gasteiger partial charge in [-0.15, -0.1) is 0 Å². The molecule has 1 aliphatic carbocycles. The second kappa shape index (κ2) is 7.43. The van der Waals surface area contributed by atoms with Gasteiger partial charge < -0.3 is 10.6 Å². The number of amides is 1. The summed E-state index contributed by atoms with van der Waals surface area (Å²) < 4.78 is 12.0. The van der Waals surface area contributed by atoms with Gasteiger partial charge in [-0.3, -0.25) is 9.00 Å². The number of rotatable bonds is 5. The van der Waals surface area contributed by atoms with E-state index in [0.717, 1.165) is 44.3 Å². The van der Waals surface area contributed by atoms with Crippen LogP contribution in [0.4, 0.5) is 0 Å². The van der Waals surface area contributed by atoms with E-state index in [1.165, 1.54) is 12.8 Å². The molecule has 4 nitrogen and oxygen atoms in total. The van der Waals surface area contributed by atoms with Crippen molar-refractivity contribution in [2.45, 2.75) is 88.1 Å². The summed E-state index contributed by atoms with van der Waals surface area (Å²) in [6.45, 7) is 1.99. The predicted molar refractivity (Wildman–Crippen MR) is 90.2 cm³/mol. The molecule has 0 radical (unpaired) electrons. The van der Waals surface area contributed by atoms with E-state index >= 15 is 0 Å². The maximum absolute atomic E-state index is 12.4. The van der Waals surface area contributed by atoms with Crippen molar-refractivity contribution in [2.24, 2.45) is 5.92 Å². The summed E-state index contributed by atoms with van der Waals surface area (Å²) in [7, 11) is -0.716. The zero-order chi connectivity index (χ0) is 15.5. The Balaban J connectivity index is 1.44. The minimum absolute atomic E-state index is 0.222. The molecule has 0 aromatic heterocycles. The van der Waals surface area contributed by atoms with Crippen molar-refractivity contribution in [2.75, 3.05) is 5.75 Å². The lowest BCUT2D eigenvalue weighted by Gasteiger charge is -2.31. The summed E-state index contributed by atoms with van der Waals surface area (Å²) in [4.78, 5) is 12.4. The topological polar surface area (TPSA) is 58.2 Å². The molecule has 2 aliphatic heterocycles. The van der Waals surface area contributed by atoms with E-state index in [-0.39, 0.29) is 11.9 Å². The Morgan fingerprint density at radius 1 is 1.14 bits per heavy atom. The third kappa shape index (κ3) is 4.10. The Morgan fingerprint density at radius 2 is 1.86 bits per heavy atom. The van der Waals surface area contributed by atoms with Gasteiger partial charge in [-0.1, -0.05) is 13.3 Å². The minimum atomic E-state index is -0.716. The molecule has 5 unspecified atom stereocenters. The molecular weight excluding hydrogens is 296 g/mol. The van der Waals surface area contributed by atoms with E-state index in [1.54, 1.807) is 0 Å². The van der Waals surface area contributed by atoms with E-state index in [1.807, 2.05) is 6.92 Å². The predicted octanol–water partition coefficient (Wildman–Crippen LogP) is 2.10.